The predicted molar refractivity (Wildman–Crippen MR) is 70.6 cm³/mol. The molecule has 0 aliphatic rings. The van der Waals surface area contributed by atoms with E-state index in [-0.39, 0.29) is 0 Å². The molecular weight excluding hydrogens is 196 g/mol. The Morgan fingerprint density at radius 2 is 1.56 bits per heavy atom. The molecule has 0 bridgehead atoms. The van der Waals surface area contributed by atoms with Gasteiger partial charge >= 0.3 is 0 Å². The molecule has 0 heterocycles. The minimum atomic E-state index is 0.811. The molecule has 16 heavy (non-hydrogen) atoms. The molecule has 0 radical (unpaired) electrons. The number of nitrogens with zero attached hydrogens (tertiary/aromatic N) is 1. The SMILES string of the molecule is CN(C)c1ccc(-c2ccccc2)cc1N. The van der Waals surface area contributed by atoms with Gasteiger partial charge in [-0.2, -0.15) is 0 Å². The fourth-order valence-electron chi connectivity index (χ4n) is 1.77. The Morgan fingerprint density at radius 3 is 2.12 bits per heavy atom. The first-order valence-electron chi connectivity index (χ1n) is 5.31. The van der Waals surface area contributed by atoms with E-state index in [1.165, 1.54) is 5.56 Å². The fraction of sp³-hybridized carbons (Fsp3) is 0.143. The zero-order valence-electron chi connectivity index (χ0n) is 9.64. The molecule has 2 rings (SSSR count). The van der Waals surface area contributed by atoms with E-state index in [4.69, 9.17) is 5.73 Å². The molecule has 0 aliphatic heterocycles. The Labute approximate surface area is 96.3 Å². The molecule has 0 aromatic heterocycles. The van der Waals surface area contributed by atoms with Crippen LogP contribution in [0.2, 0.25) is 0 Å². The minimum Gasteiger partial charge on any atom is -0.397 e. The van der Waals surface area contributed by atoms with Gasteiger partial charge in [0.25, 0.3) is 0 Å². The number of nitrogen functional groups attached to an aromatic ring is 1. The molecule has 2 N–H and O–H groups in total. The van der Waals surface area contributed by atoms with Crippen LogP contribution >= 0.6 is 0 Å². The third-order valence-electron chi connectivity index (χ3n) is 2.62. The van der Waals surface area contributed by atoms with Gasteiger partial charge in [-0.05, 0) is 23.3 Å². The average Bonchev–Trinajstić information content (AvgIpc) is 2.29. The lowest BCUT2D eigenvalue weighted by Gasteiger charge is -2.16. The summed E-state index contributed by atoms with van der Waals surface area (Å²) in [6, 6.07) is 16.4. The first-order chi connectivity index (χ1) is 7.68. The van der Waals surface area contributed by atoms with Gasteiger partial charge < -0.3 is 10.6 Å². The zero-order chi connectivity index (χ0) is 11.5. The van der Waals surface area contributed by atoms with E-state index in [0.717, 1.165) is 16.9 Å². The second kappa shape index (κ2) is 4.27. The zero-order valence-corrected chi connectivity index (χ0v) is 9.64. The van der Waals surface area contributed by atoms with Crippen molar-refractivity contribution in [1.29, 1.82) is 0 Å². The largest absolute Gasteiger partial charge is 0.397 e. The number of hydrogen-bond acceptors (Lipinski definition) is 2. The van der Waals surface area contributed by atoms with Gasteiger partial charge in [-0.25, -0.2) is 0 Å². The van der Waals surface area contributed by atoms with Crippen molar-refractivity contribution in [2.45, 2.75) is 0 Å². The van der Waals surface area contributed by atoms with E-state index in [2.05, 4.69) is 24.3 Å². The molecule has 0 aliphatic carbocycles. The smallest absolute Gasteiger partial charge is 0.0595 e. The van der Waals surface area contributed by atoms with Crippen LogP contribution in [0.4, 0.5) is 11.4 Å². The van der Waals surface area contributed by atoms with Crippen LogP contribution in [-0.2, 0) is 0 Å². The lowest BCUT2D eigenvalue weighted by Crippen LogP contribution is -2.10. The molecular formula is C14H16N2. The molecule has 0 saturated carbocycles. The standard InChI is InChI=1S/C14H16N2/c1-16(2)14-9-8-12(10-13(14)15)11-6-4-3-5-7-11/h3-10H,15H2,1-2H3. The number of anilines is 2. The van der Waals surface area contributed by atoms with Gasteiger partial charge in [-0.1, -0.05) is 36.4 Å². The van der Waals surface area contributed by atoms with Gasteiger partial charge in [0.05, 0.1) is 11.4 Å². The van der Waals surface area contributed by atoms with Gasteiger partial charge in [0, 0.05) is 14.1 Å². The molecule has 0 unspecified atom stereocenters. The van der Waals surface area contributed by atoms with E-state index in [1.54, 1.807) is 0 Å². The van der Waals surface area contributed by atoms with Crippen LogP contribution in [0.5, 0.6) is 0 Å². The van der Waals surface area contributed by atoms with Crippen molar-refractivity contribution in [2.24, 2.45) is 0 Å². The van der Waals surface area contributed by atoms with Gasteiger partial charge in [0.1, 0.15) is 0 Å². The highest BCUT2D eigenvalue weighted by atomic mass is 15.1. The maximum absolute atomic E-state index is 6.02. The Balaban J connectivity index is 2.43. The monoisotopic (exact) mass is 212 g/mol. The summed E-state index contributed by atoms with van der Waals surface area (Å²) in [6.07, 6.45) is 0. The first kappa shape index (κ1) is 10.6. The molecule has 0 amide bonds. The lowest BCUT2D eigenvalue weighted by molar-refractivity contribution is 1.13. The van der Waals surface area contributed by atoms with Crippen molar-refractivity contribution in [3.8, 4) is 11.1 Å². The quantitative estimate of drug-likeness (QED) is 0.775. The highest BCUT2D eigenvalue weighted by molar-refractivity contribution is 5.76. The highest BCUT2D eigenvalue weighted by Crippen LogP contribution is 2.28. The predicted octanol–water partition coefficient (Wildman–Crippen LogP) is 3.00. The lowest BCUT2D eigenvalue weighted by atomic mass is 10.0. The summed E-state index contributed by atoms with van der Waals surface area (Å²) in [5.41, 5.74) is 10.2. The van der Waals surface area contributed by atoms with E-state index in [0.29, 0.717) is 0 Å². The van der Waals surface area contributed by atoms with Crippen LogP contribution in [0, 0.1) is 0 Å². The van der Waals surface area contributed by atoms with E-state index in [1.807, 2.05) is 43.3 Å². The third kappa shape index (κ3) is 2.01. The first-order valence-corrected chi connectivity index (χ1v) is 5.31. The van der Waals surface area contributed by atoms with Gasteiger partial charge in [0.15, 0.2) is 0 Å². The van der Waals surface area contributed by atoms with Crippen LogP contribution in [0.25, 0.3) is 11.1 Å². The van der Waals surface area contributed by atoms with Crippen LogP contribution in [0.3, 0.4) is 0 Å². The van der Waals surface area contributed by atoms with Gasteiger partial charge in [0.2, 0.25) is 0 Å². The van der Waals surface area contributed by atoms with Crippen LogP contribution < -0.4 is 10.6 Å². The molecule has 0 atom stereocenters. The summed E-state index contributed by atoms with van der Waals surface area (Å²) in [7, 11) is 3.99. The van der Waals surface area contributed by atoms with Crippen LogP contribution in [0.1, 0.15) is 0 Å². The number of benzene rings is 2. The molecule has 0 saturated heterocycles. The number of nitrogens with two attached hydrogens (primary N) is 1. The highest BCUT2D eigenvalue weighted by Gasteiger charge is 2.03. The van der Waals surface area contributed by atoms with E-state index in [9.17, 15) is 0 Å². The van der Waals surface area contributed by atoms with Crippen LogP contribution in [0.15, 0.2) is 48.5 Å². The van der Waals surface area contributed by atoms with E-state index >= 15 is 0 Å². The van der Waals surface area contributed by atoms with Crippen molar-refractivity contribution >= 4 is 11.4 Å². The molecule has 2 nitrogen and oxygen atoms in total. The second-order valence-electron chi connectivity index (χ2n) is 4.03. The van der Waals surface area contributed by atoms with Crippen LogP contribution in [-0.4, -0.2) is 14.1 Å². The topological polar surface area (TPSA) is 29.3 Å². The van der Waals surface area contributed by atoms with Crippen molar-refractivity contribution in [1.82, 2.24) is 0 Å². The Kier molecular flexibility index (Phi) is 2.82. The summed E-state index contributed by atoms with van der Waals surface area (Å²) in [4.78, 5) is 2.02. The van der Waals surface area contributed by atoms with Crippen molar-refractivity contribution in [2.75, 3.05) is 24.7 Å². The molecule has 0 fully saturated rings. The van der Waals surface area contributed by atoms with Crippen molar-refractivity contribution < 1.29 is 0 Å². The third-order valence-corrected chi connectivity index (χ3v) is 2.62. The van der Waals surface area contributed by atoms with E-state index < -0.39 is 0 Å². The van der Waals surface area contributed by atoms with Gasteiger partial charge in [-0.15, -0.1) is 0 Å². The molecule has 2 aromatic carbocycles. The summed E-state index contributed by atoms with van der Waals surface area (Å²) in [5.74, 6) is 0. The Morgan fingerprint density at radius 1 is 0.875 bits per heavy atom. The number of rotatable bonds is 2. The van der Waals surface area contributed by atoms with Gasteiger partial charge in [-0.3, -0.25) is 0 Å². The summed E-state index contributed by atoms with van der Waals surface area (Å²) in [6.45, 7) is 0. The van der Waals surface area contributed by atoms with Crippen molar-refractivity contribution in [3.63, 3.8) is 0 Å². The molecule has 2 heteroatoms. The minimum absolute atomic E-state index is 0.811. The molecule has 2 aromatic rings. The van der Waals surface area contributed by atoms with Crippen molar-refractivity contribution in [3.05, 3.63) is 48.5 Å². The average molecular weight is 212 g/mol. The molecule has 82 valence electrons. The Bertz CT molecular complexity index is 475. The summed E-state index contributed by atoms with van der Waals surface area (Å²) < 4.78 is 0. The summed E-state index contributed by atoms with van der Waals surface area (Å²) in [5, 5.41) is 0. The maximum atomic E-state index is 6.02. The maximum Gasteiger partial charge on any atom is 0.0595 e. The second-order valence-corrected chi connectivity index (χ2v) is 4.03. The number of hydrogen-bond donors (Lipinski definition) is 1. The fourth-order valence-corrected chi connectivity index (χ4v) is 1.77. The Hall–Kier alpha value is -1.96. The normalized spacial score (nSPS) is 10.1. The summed E-state index contributed by atoms with van der Waals surface area (Å²) >= 11 is 0. The molecule has 0 spiro atoms.